The largest absolute Gasteiger partial charge is 0.318 e. The number of benzene rings is 2. The molecule has 0 bridgehead atoms. The molecule has 0 spiro atoms. The predicted octanol–water partition coefficient (Wildman–Crippen LogP) is 5.05. The van der Waals surface area contributed by atoms with E-state index in [1.54, 1.807) is 18.2 Å². The first-order valence-corrected chi connectivity index (χ1v) is 7.19. The van der Waals surface area contributed by atoms with Gasteiger partial charge in [-0.1, -0.05) is 6.07 Å². The third kappa shape index (κ3) is 3.24. The second-order valence-electron chi connectivity index (χ2n) is 4.18. The van der Waals surface area contributed by atoms with Crippen molar-refractivity contribution in [3.63, 3.8) is 0 Å². The second kappa shape index (κ2) is 6.01. The van der Waals surface area contributed by atoms with Crippen LogP contribution in [0.25, 0.3) is 0 Å². The number of rotatable bonds is 2. The van der Waals surface area contributed by atoms with Crippen molar-refractivity contribution < 1.29 is 13.6 Å². The molecule has 2 nitrogen and oxygen atoms in total. The molecule has 0 atom stereocenters. The van der Waals surface area contributed by atoms with E-state index in [4.69, 9.17) is 0 Å². The molecular formula is C14H9Br2F2NO. The van der Waals surface area contributed by atoms with Gasteiger partial charge in [-0.3, -0.25) is 4.79 Å². The van der Waals surface area contributed by atoms with Gasteiger partial charge in [0.2, 0.25) is 0 Å². The van der Waals surface area contributed by atoms with Crippen molar-refractivity contribution >= 4 is 43.5 Å². The van der Waals surface area contributed by atoms with Gasteiger partial charge in [-0.05, 0) is 62.5 Å². The maximum absolute atomic E-state index is 13.7. The third-order valence-corrected chi connectivity index (χ3v) is 3.90. The lowest BCUT2D eigenvalue weighted by Gasteiger charge is -2.10. The molecule has 2 aromatic rings. The van der Waals surface area contributed by atoms with Crippen molar-refractivity contribution in [3.05, 3.63) is 62.0 Å². The van der Waals surface area contributed by atoms with E-state index in [1.807, 2.05) is 6.92 Å². The Bertz CT molecular complexity index is 666. The Morgan fingerprint density at radius 2 is 1.80 bits per heavy atom. The number of hydrogen-bond acceptors (Lipinski definition) is 1. The number of nitrogens with one attached hydrogen (secondary N) is 1. The number of carbonyl (C=O) groups is 1. The summed E-state index contributed by atoms with van der Waals surface area (Å²) in [7, 11) is 0. The normalized spacial score (nSPS) is 10.4. The lowest BCUT2D eigenvalue weighted by atomic mass is 10.1. The summed E-state index contributed by atoms with van der Waals surface area (Å²) in [4.78, 5) is 12.1. The Labute approximate surface area is 131 Å². The highest BCUT2D eigenvalue weighted by molar-refractivity contribution is 9.11. The molecule has 20 heavy (non-hydrogen) atoms. The lowest BCUT2D eigenvalue weighted by molar-refractivity contribution is 0.102. The summed E-state index contributed by atoms with van der Waals surface area (Å²) >= 11 is 6.31. The minimum atomic E-state index is -0.839. The van der Waals surface area contributed by atoms with Gasteiger partial charge in [-0.25, -0.2) is 8.78 Å². The van der Waals surface area contributed by atoms with Crippen LogP contribution in [0.15, 0.2) is 39.3 Å². The maximum Gasteiger partial charge on any atom is 0.256 e. The molecule has 0 fully saturated rings. The average molecular weight is 405 g/mol. The minimum absolute atomic E-state index is 0.0936. The van der Waals surface area contributed by atoms with E-state index >= 15 is 0 Å². The Balaban J connectivity index is 2.33. The first-order valence-electron chi connectivity index (χ1n) is 5.60. The van der Waals surface area contributed by atoms with Gasteiger partial charge < -0.3 is 5.32 Å². The van der Waals surface area contributed by atoms with Crippen LogP contribution in [0.1, 0.15) is 15.9 Å². The molecule has 1 N–H and O–H groups in total. The highest BCUT2D eigenvalue weighted by Gasteiger charge is 2.15. The molecule has 0 aliphatic heterocycles. The number of amides is 1. The van der Waals surface area contributed by atoms with Crippen LogP contribution in [-0.4, -0.2) is 5.91 Å². The molecule has 0 aliphatic rings. The van der Waals surface area contributed by atoms with E-state index < -0.39 is 17.5 Å². The zero-order valence-corrected chi connectivity index (χ0v) is 13.5. The number of aryl methyl sites for hydroxylation is 1. The number of carbonyl (C=O) groups excluding carboxylic acids is 1. The molecular weight excluding hydrogens is 396 g/mol. The molecule has 0 radical (unpaired) electrons. The van der Waals surface area contributed by atoms with Gasteiger partial charge >= 0.3 is 0 Å². The molecule has 2 rings (SSSR count). The smallest absolute Gasteiger partial charge is 0.256 e. The zero-order chi connectivity index (χ0) is 14.9. The maximum atomic E-state index is 13.7. The van der Waals surface area contributed by atoms with Crippen LogP contribution in [0.3, 0.4) is 0 Å². The molecule has 1 amide bonds. The minimum Gasteiger partial charge on any atom is -0.318 e. The molecule has 0 unspecified atom stereocenters. The summed E-state index contributed by atoms with van der Waals surface area (Å²) in [6, 6.07) is 6.98. The SMILES string of the molecule is Cc1ccc(C(=O)Nc2c(F)cc(F)cc2Br)c(Br)c1. The van der Waals surface area contributed by atoms with Crippen molar-refractivity contribution in [3.8, 4) is 0 Å². The first-order chi connectivity index (χ1) is 9.38. The summed E-state index contributed by atoms with van der Waals surface area (Å²) in [5, 5.41) is 2.42. The number of hydrogen-bond donors (Lipinski definition) is 1. The fraction of sp³-hybridized carbons (Fsp3) is 0.0714. The van der Waals surface area contributed by atoms with Crippen LogP contribution in [0.5, 0.6) is 0 Å². The van der Waals surface area contributed by atoms with Crippen molar-refractivity contribution in [2.75, 3.05) is 5.32 Å². The van der Waals surface area contributed by atoms with E-state index in [0.29, 0.717) is 16.1 Å². The highest BCUT2D eigenvalue weighted by Crippen LogP contribution is 2.28. The van der Waals surface area contributed by atoms with Crippen molar-refractivity contribution in [1.29, 1.82) is 0 Å². The molecule has 0 aliphatic carbocycles. The van der Waals surface area contributed by atoms with Gasteiger partial charge in [0.25, 0.3) is 5.91 Å². The number of halogens is 4. The van der Waals surface area contributed by atoms with Crippen LogP contribution in [-0.2, 0) is 0 Å². The van der Waals surface area contributed by atoms with Gasteiger partial charge in [-0.2, -0.15) is 0 Å². The summed E-state index contributed by atoms with van der Waals surface area (Å²) in [6.45, 7) is 1.89. The fourth-order valence-corrected chi connectivity index (χ4v) is 2.83. The van der Waals surface area contributed by atoms with E-state index in [-0.39, 0.29) is 10.2 Å². The van der Waals surface area contributed by atoms with Crippen LogP contribution in [0, 0.1) is 18.6 Å². The van der Waals surface area contributed by atoms with Crippen molar-refractivity contribution in [2.24, 2.45) is 0 Å². The Morgan fingerprint density at radius 3 is 2.40 bits per heavy atom. The highest BCUT2D eigenvalue weighted by atomic mass is 79.9. The summed E-state index contributed by atoms with van der Waals surface area (Å²) in [5.41, 5.74) is 1.26. The quantitative estimate of drug-likeness (QED) is 0.745. The van der Waals surface area contributed by atoms with Crippen LogP contribution < -0.4 is 5.32 Å². The van der Waals surface area contributed by atoms with Gasteiger partial charge in [0.1, 0.15) is 5.82 Å². The van der Waals surface area contributed by atoms with Gasteiger partial charge in [0.05, 0.1) is 11.3 Å². The van der Waals surface area contributed by atoms with E-state index in [0.717, 1.165) is 11.6 Å². The average Bonchev–Trinajstić information content (AvgIpc) is 2.33. The van der Waals surface area contributed by atoms with Crippen LogP contribution in [0.4, 0.5) is 14.5 Å². The van der Waals surface area contributed by atoms with Crippen LogP contribution >= 0.6 is 31.9 Å². The number of anilines is 1. The summed E-state index contributed by atoms with van der Waals surface area (Å²) in [6.07, 6.45) is 0. The standard InChI is InChI=1S/C14H9Br2F2NO/c1-7-2-3-9(10(15)4-7)14(20)19-13-11(16)5-8(17)6-12(13)18/h2-6H,1H3,(H,19,20). The zero-order valence-electron chi connectivity index (χ0n) is 10.3. The monoisotopic (exact) mass is 403 g/mol. The lowest BCUT2D eigenvalue weighted by Crippen LogP contribution is -2.14. The van der Waals surface area contributed by atoms with Gasteiger partial charge in [-0.15, -0.1) is 0 Å². The van der Waals surface area contributed by atoms with Gasteiger partial charge in [0.15, 0.2) is 5.82 Å². The van der Waals surface area contributed by atoms with Crippen molar-refractivity contribution in [1.82, 2.24) is 0 Å². The summed E-state index contributed by atoms with van der Waals surface area (Å²) < 4.78 is 27.4. The van der Waals surface area contributed by atoms with E-state index in [2.05, 4.69) is 37.2 Å². The fourth-order valence-electron chi connectivity index (χ4n) is 1.65. The molecule has 0 heterocycles. The first kappa shape index (κ1) is 15.1. The third-order valence-electron chi connectivity index (χ3n) is 2.61. The molecule has 6 heteroatoms. The molecule has 2 aromatic carbocycles. The van der Waals surface area contributed by atoms with E-state index in [9.17, 15) is 13.6 Å². The molecule has 0 saturated heterocycles. The van der Waals surface area contributed by atoms with E-state index in [1.165, 1.54) is 0 Å². The Morgan fingerprint density at radius 1 is 1.10 bits per heavy atom. The Hall–Kier alpha value is -1.27. The molecule has 0 saturated carbocycles. The van der Waals surface area contributed by atoms with Crippen LogP contribution in [0.2, 0.25) is 0 Å². The Kier molecular flexibility index (Phi) is 4.55. The molecule has 0 aromatic heterocycles. The molecule has 104 valence electrons. The predicted molar refractivity (Wildman–Crippen MR) is 80.9 cm³/mol. The summed E-state index contributed by atoms with van der Waals surface area (Å²) in [5.74, 6) is -2.04. The van der Waals surface area contributed by atoms with Crippen molar-refractivity contribution in [2.45, 2.75) is 6.92 Å². The second-order valence-corrected chi connectivity index (χ2v) is 5.89. The topological polar surface area (TPSA) is 29.1 Å². The van der Waals surface area contributed by atoms with Gasteiger partial charge in [0, 0.05) is 15.0 Å².